The van der Waals surface area contributed by atoms with Gasteiger partial charge in [0, 0.05) is 12.6 Å². The molecule has 1 aromatic heterocycles. The van der Waals surface area contributed by atoms with E-state index in [0.29, 0.717) is 11.9 Å². The fourth-order valence-electron chi connectivity index (χ4n) is 1.96. The summed E-state index contributed by atoms with van der Waals surface area (Å²) in [6.07, 6.45) is 3.86. The van der Waals surface area contributed by atoms with Gasteiger partial charge in [0.05, 0.1) is 0 Å². The lowest BCUT2D eigenvalue weighted by Gasteiger charge is -2.30. The number of piperidine rings is 1. The molecule has 0 radical (unpaired) electrons. The summed E-state index contributed by atoms with van der Waals surface area (Å²) in [6, 6.07) is 0.435. The molecule has 2 heterocycles. The molecule has 1 aliphatic rings. The van der Waals surface area contributed by atoms with Crippen molar-refractivity contribution in [2.75, 3.05) is 31.2 Å². The third-order valence-electron chi connectivity index (χ3n) is 2.78. The summed E-state index contributed by atoms with van der Waals surface area (Å²) in [4.78, 5) is 10.4. The Bertz CT molecular complexity index is 370. The maximum absolute atomic E-state index is 5.70. The fourth-order valence-corrected chi connectivity index (χ4v) is 2.28. The van der Waals surface area contributed by atoms with E-state index in [4.69, 9.17) is 5.73 Å². The highest BCUT2D eigenvalue weighted by molar-refractivity contribution is 9.10. The Hall–Kier alpha value is -0.880. The van der Waals surface area contributed by atoms with Crippen molar-refractivity contribution in [1.29, 1.82) is 0 Å². The second kappa shape index (κ2) is 4.97. The Kier molecular flexibility index (Phi) is 3.60. The fraction of sp³-hybridized carbons (Fsp3) is 0.600. The minimum absolute atomic E-state index is 0.435. The lowest BCUT2D eigenvalue weighted by molar-refractivity contribution is 0.260. The van der Waals surface area contributed by atoms with Crippen LogP contribution in [0.25, 0.3) is 0 Å². The van der Waals surface area contributed by atoms with E-state index in [-0.39, 0.29) is 0 Å². The highest BCUT2D eigenvalue weighted by Crippen LogP contribution is 2.25. The van der Waals surface area contributed by atoms with Crippen LogP contribution in [0.3, 0.4) is 0 Å². The zero-order valence-corrected chi connectivity index (χ0v) is 10.9. The van der Waals surface area contributed by atoms with Gasteiger partial charge in [0.15, 0.2) is 0 Å². The maximum atomic E-state index is 5.70. The average molecular weight is 286 g/mol. The van der Waals surface area contributed by atoms with E-state index < -0.39 is 0 Å². The van der Waals surface area contributed by atoms with Crippen molar-refractivity contribution in [1.82, 2.24) is 14.9 Å². The highest BCUT2D eigenvalue weighted by atomic mass is 79.9. The third kappa shape index (κ3) is 2.62. The van der Waals surface area contributed by atoms with Gasteiger partial charge >= 0.3 is 0 Å². The first-order chi connectivity index (χ1) is 7.66. The predicted molar refractivity (Wildman–Crippen MR) is 68.3 cm³/mol. The number of hydrogen-bond donors (Lipinski definition) is 2. The van der Waals surface area contributed by atoms with Crippen molar-refractivity contribution in [2.45, 2.75) is 18.9 Å². The van der Waals surface area contributed by atoms with Gasteiger partial charge in [-0.3, -0.25) is 0 Å². The van der Waals surface area contributed by atoms with E-state index in [1.807, 2.05) is 0 Å². The smallest absolute Gasteiger partial charge is 0.146 e. The van der Waals surface area contributed by atoms with Crippen LogP contribution >= 0.6 is 15.9 Å². The summed E-state index contributed by atoms with van der Waals surface area (Å²) in [7, 11) is 2.14. The van der Waals surface area contributed by atoms with E-state index in [1.54, 1.807) is 0 Å². The van der Waals surface area contributed by atoms with Crippen LogP contribution in [0.1, 0.15) is 12.8 Å². The van der Waals surface area contributed by atoms with Crippen molar-refractivity contribution in [2.24, 2.45) is 0 Å². The Morgan fingerprint density at radius 2 is 2.38 bits per heavy atom. The molecular formula is C10H16BrN5. The Balaban J connectivity index is 2.05. The second-order valence-electron chi connectivity index (χ2n) is 4.17. The molecule has 88 valence electrons. The van der Waals surface area contributed by atoms with Gasteiger partial charge in [0.2, 0.25) is 0 Å². The molecule has 1 unspecified atom stereocenters. The molecule has 1 saturated heterocycles. The van der Waals surface area contributed by atoms with Gasteiger partial charge in [0.1, 0.15) is 22.4 Å². The van der Waals surface area contributed by atoms with Crippen molar-refractivity contribution >= 4 is 27.6 Å². The molecule has 1 aliphatic heterocycles. The molecule has 6 heteroatoms. The molecule has 0 bridgehead atoms. The number of rotatable bonds is 2. The second-order valence-corrected chi connectivity index (χ2v) is 4.96. The first kappa shape index (κ1) is 11.6. The predicted octanol–water partition coefficient (Wildman–Crippen LogP) is 1.33. The summed E-state index contributed by atoms with van der Waals surface area (Å²) in [5, 5.41) is 3.40. The molecule has 1 fully saturated rings. The van der Waals surface area contributed by atoms with Gasteiger partial charge in [-0.05, 0) is 42.4 Å². The molecule has 5 nitrogen and oxygen atoms in total. The van der Waals surface area contributed by atoms with Gasteiger partial charge in [0.25, 0.3) is 0 Å². The first-order valence-corrected chi connectivity index (χ1v) is 6.17. The number of nitrogens with zero attached hydrogens (tertiary/aromatic N) is 3. The SMILES string of the molecule is CN1CCCC(Nc2ncnc(N)c2Br)C1. The number of nitrogens with two attached hydrogens (primary N) is 1. The number of halogens is 1. The number of likely N-dealkylation sites (tertiary alicyclic amines) is 1. The molecule has 1 atom stereocenters. The Morgan fingerprint density at radius 1 is 1.56 bits per heavy atom. The molecular weight excluding hydrogens is 270 g/mol. The van der Waals surface area contributed by atoms with Crippen LogP contribution in [0, 0.1) is 0 Å². The summed E-state index contributed by atoms with van der Waals surface area (Å²) in [5.74, 6) is 1.26. The van der Waals surface area contributed by atoms with Crippen molar-refractivity contribution in [3.05, 3.63) is 10.8 Å². The van der Waals surface area contributed by atoms with Crippen LogP contribution in [0.15, 0.2) is 10.8 Å². The number of anilines is 2. The highest BCUT2D eigenvalue weighted by Gasteiger charge is 2.18. The number of hydrogen-bond acceptors (Lipinski definition) is 5. The summed E-state index contributed by atoms with van der Waals surface area (Å²) >= 11 is 3.40. The average Bonchev–Trinajstić information content (AvgIpc) is 2.25. The van der Waals surface area contributed by atoms with E-state index in [2.05, 4.69) is 43.2 Å². The molecule has 1 aromatic rings. The molecule has 0 saturated carbocycles. The van der Waals surface area contributed by atoms with Crippen molar-refractivity contribution < 1.29 is 0 Å². The van der Waals surface area contributed by atoms with Crippen LogP contribution < -0.4 is 11.1 Å². The largest absolute Gasteiger partial charge is 0.383 e. The zero-order valence-electron chi connectivity index (χ0n) is 9.28. The standard InChI is InChI=1S/C10H16BrN5/c1-16-4-2-3-7(5-16)15-10-8(11)9(12)13-6-14-10/h6-7H,2-5H2,1H3,(H3,12,13,14,15). The van der Waals surface area contributed by atoms with Gasteiger partial charge in [-0.2, -0.15) is 0 Å². The minimum Gasteiger partial charge on any atom is -0.383 e. The summed E-state index contributed by atoms with van der Waals surface area (Å²) < 4.78 is 0.753. The Labute approximate surface area is 104 Å². The van der Waals surface area contributed by atoms with E-state index in [0.717, 1.165) is 16.8 Å². The molecule has 0 aromatic carbocycles. The Morgan fingerprint density at radius 3 is 3.12 bits per heavy atom. The minimum atomic E-state index is 0.435. The first-order valence-electron chi connectivity index (χ1n) is 5.38. The van der Waals surface area contributed by atoms with Crippen molar-refractivity contribution in [3.8, 4) is 0 Å². The molecule has 2 rings (SSSR count). The number of nitrogens with one attached hydrogen (secondary N) is 1. The summed E-state index contributed by atoms with van der Waals surface area (Å²) in [6.45, 7) is 2.21. The van der Waals surface area contributed by atoms with Crippen LogP contribution in [0.2, 0.25) is 0 Å². The third-order valence-corrected chi connectivity index (χ3v) is 3.56. The van der Waals surface area contributed by atoms with Gasteiger partial charge in [-0.1, -0.05) is 0 Å². The van der Waals surface area contributed by atoms with E-state index in [9.17, 15) is 0 Å². The maximum Gasteiger partial charge on any atom is 0.146 e. The normalized spacial score (nSPS) is 22.0. The van der Waals surface area contributed by atoms with Crippen LogP contribution in [0.4, 0.5) is 11.6 Å². The van der Waals surface area contributed by atoms with Gasteiger partial charge < -0.3 is 16.0 Å². The van der Waals surface area contributed by atoms with Crippen molar-refractivity contribution in [3.63, 3.8) is 0 Å². The quantitative estimate of drug-likeness (QED) is 0.858. The van der Waals surface area contributed by atoms with E-state index in [1.165, 1.54) is 25.7 Å². The monoisotopic (exact) mass is 285 g/mol. The van der Waals surface area contributed by atoms with Crippen LogP contribution in [0.5, 0.6) is 0 Å². The number of aromatic nitrogens is 2. The lowest BCUT2D eigenvalue weighted by Crippen LogP contribution is -2.40. The number of likely N-dealkylation sites (N-methyl/N-ethyl adjacent to an activating group) is 1. The molecule has 3 N–H and O–H groups in total. The topological polar surface area (TPSA) is 67.1 Å². The summed E-state index contributed by atoms with van der Waals surface area (Å²) in [5.41, 5.74) is 5.70. The number of nitrogen functional groups attached to an aromatic ring is 1. The molecule has 0 aliphatic carbocycles. The van der Waals surface area contributed by atoms with Gasteiger partial charge in [-0.25, -0.2) is 9.97 Å². The van der Waals surface area contributed by atoms with E-state index >= 15 is 0 Å². The van der Waals surface area contributed by atoms with Gasteiger partial charge in [-0.15, -0.1) is 0 Å². The van der Waals surface area contributed by atoms with Crippen LogP contribution in [-0.4, -0.2) is 41.0 Å². The lowest BCUT2D eigenvalue weighted by atomic mass is 10.1. The molecule has 0 amide bonds. The molecule has 16 heavy (non-hydrogen) atoms. The zero-order chi connectivity index (χ0) is 11.5. The molecule has 0 spiro atoms. The van der Waals surface area contributed by atoms with Crippen LogP contribution in [-0.2, 0) is 0 Å².